The minimum atomic E-state index is -2.22. The van der Waals surface area contributed by atoms with Crippen LogP contribution in [0.2, 0.25) is 0 Å². The first-order chi connectivity index (χ1) is 23.7. The molecule has 11 atom stereocenters. The van der Waals surface area contributed by atoms with Crippen LogP contribution in [0.5, 0.6) is 0 Å². The van der Waals surface area contributed by atoms with Crippen molar-refractivity contribution >= 4 is 41.6 Å². The Morgan fingerprint density at radius 2 is 1.39 bits per heavy atom. The monoisotopic (exact) mass is 714 g/mol. The summed E-state index contributed by atoms with van der Waals surface area (Å²) in [5.41, 5.74) is -6.86. The molecule has 0 aliphatic heterocycles. The van der Waals surface area contributed by atoms with Gasteiger partial charge in [-0.25, -0.2) is 9.59 Å². The largest absolute Gasteiger partial charge is 0.459 e. The molecule has 2 bridgehead atoms. The maximum atomic E-state index is 14.2. The van der Waals surface area contributed by atoms with E-state index in [2.05, 4.69) is 0 Å². The zero-order valence-electron chi connectivity index (χ0n) is 30.1. The van der Waals surface area contributed by atoms with Gasteiger partial charge in [0.2, 0.25) is 0 Å². The average molecular weight is 715 g/mol. The maximum absolute atomic E-state index is 14.2. The Hall–Kier alpha value is -4.33. The van der Waals surface area contributed by atoms with E-state index in [0.29, 0.717) is 0 Å². The third kappa shape index (κ3) is 6.40. The zero-order valence-corrected chi connectivity index (χ0v) is 30.1. The number of rotatable bonds is 8. The number of hydrogen-bond acceptors (Lipinski definition) is 14. The Kier molecular flexibility index (Phi) is 9.91. The number of Topliss-reactive ketones (excluding diaryl/α,β-unsaturated/α-hetero) is 1. The fourth-order valence-electron chi connectivity index (χ4n) is 9.77. The summed E-state index contributed by atoms with van der Waals surface area (Å²) in [5, 5.41) is 13.2. The number of fused-ring (bicyclic) bond motifs is 5. The van der Waals surface area contributed by atoms with Gasteiger partial charge < -0.3 is 33.5 Å². The molecule has 4 fully saturated rings. The topological polar surface area (TPSA) is 195 Å². The molecule has 0 radical (unpaired) electrons. The number of carbonyl (C=O) groups excluding carboxylic acids is 7. The standard InChI is InChI=1S/C37H46O14/c1-18-14-36(45)27(28(18)50-31(44)23-12-10-9-11-13-23)30(49-26(42)17-46-19(2)38)37(51-22(5)41)15-24-25(16-34(6,7)29(24)43)35(8,32(36)47-20(3)39)33(37)48-21(4)40/h9-13,18,24-25,27-28,30,32-33,45H,14-17H2,1-8H3/t18-,24+,25-,27+,28-,30+,32+,33-,35-,36+,37-/m0/s1. The summed E-state index contributed by atoms with van der Waals surface area (Å²) in [4.78, 5) is 92.6. The van der Waals surface area contributed by atoms with E-state index in [0.717, 1.165) is 27.7 Å². The van der Waals surface area contributed by atoms with Crippen molar-refractivity contribution in [2.24, 2.45) is 34.5 Å². The number of benzene rings is 1. The Balaban J connectivity index is 1.85. The summed E-state index contributed by atoms with van der Waals surface area (Å²) in [7, 11) is 0. The van der Waals surface area contributed by atoms with E-state index >= 15 is 0 Å². The number of carbonyl (C=O) groups is 7. The molecule has 14 nitrogen and oxygen atoms in total. The van der Waals surface area contributed by atoms with Crippen LogP contribution in [0.4, 0.5) is 0 Å². The van der Waals surface area contributed by atoms with Gasteiger partial charge in [0.05, 0.1) is 16.9 Å². The predicted octanol–water partition coefficient (Wildman–Crippen LogP) is 2.89. The first kappa shape index (κ1) is 37.9. The summed E-state index contributed by atoms with van der Waals surface area (Å²) in [6.45, 7) is 10.4. The summed E-state index contributed by atoms with van der Waals surface area (Å²) in [6, 6.07) is 8.03. The molecule has 1 aromatic carbocycles. The lowest BCUT2D eigenvalue weighted by molar-refractivity contribution is -0.269. The fraction of sp³-hybridized carbons (Fsp3) is 0.649. The van der Waals surface area contributed by atoms with Gasteiger partial charge in [-0.3, -0.25) is 24.0 Å². The molecule has 278 valence electrons. The van der Waals surface area contributed by atoms with E-state index in [-0.39, 0.29) is 30.6 Å². The molecule has 0 aromatic heterocycles. The van der Waals surface area contributed by atoms with Crippen molar-refractivity contribution in [2.75, 3.05) is 6.61 Å². The molecule has 0 spiro atoms. The molecule has 51 heavy (non-hydrogen) atoms. The minimum Gasteiger partial charge on any atom is -0.459 e. The normalized spacial score (nSPS) is 37.5. The fourth-order valence-corrected chi connectivity index (χ4v) is 9.77. The molecule has 5 rings (SSSR count). The molecule has 0 saturated heterocycles. The highest BCUT2D eigenvalue weighted by Gasteiger charge is 2.82. The SMILES string of the molecule is CC(=O)OCC(=O)O[C@@H]1[C@H]2[C@@H](OC(=O)c3ccccc3)[C@@H](C)C[C@]2(O)[C@H](OC(C)=O)[C@@]2(C)[C@H](OC(C)=O)[C@]1(OC(C)=O)C[C@H]1C(=O)C(C)(C)C[C@@H]12. The average Bonchev–Trinajstić information content (AvgIpc) is 3.41. The zero-order chi connectivity index (χ0) is 37.8. The summed E-state index contributed by atoms with van der Waals surface area (Å²) < 4.78 is 35.5. The van der Waals surface area contributed by atoms with Crippen LogP contribution >= 0.6 is 0 Å². The predicted molar refractivity (Wildman–Crippen MR) is 173 cm³/mol. The number of ketones is 1. The Morgan fingerprint density at radius 3 is 1.96 bits per heavy atom. The van der Waals surface area contributed by atoms with Gasteiger partial charge in [0.1, 0.15) is 23.6 Å². The van der Waals surface area contributed by atoms with Crippen LogP contribution in [0, 0.1) is 34.5 Å². The number of aliphatic hydroxyl groups is 1. The number of ether oxygens (including phenoxy) is 6. The maximum Gasteiger partial charge on any atom is 0.344 e. The van der Waals surface area contributed by atoms with E-state index in [1.165, 1.54) is 12.1 Å². The molecular weight excluding hydrogens is 668 g/mol. The van der Waals surface area contributed by atoms with Crippen molar-refractivity contribution in [3.63, 3.8) is 0 Å². The summed E-state index contributed by atoms with van der Waals surface area (Å²) >= 11 is 0. The lowest BCUT2D eigenvalue weighted by Crippen LogP contribution is -2.70. The second-order valence-electron chi connectivity index (χ2n) is 15.4. The molecule has 0 unspecified atom stereocenters. The number of esters is 6. The van der Waals surface area contributed by atoms with Crippen LogP contribution in [0.15, 0.2) is 30.3 Å². The lowest BCUT2D eigenvalue weighted by Gasteiger charge is -2.58. The lowest BCUT2D eigenvalue weighted by atomic mass is 9.53. The van der Waals surface area contributed by atoms with Gasteiger partial charge >= 0.3 is 35.8 Å². The molecule has 4 saturated carbocycles. The first-order valence-electron chi connectivity index (χ1n) is 17.1. The molecule has 0 amide bonds. The van der Waals surface area contributed by atoms with Gasteiger partial charge in [0.25, 0.3) is 0 Å². The van der Waals surface area contributed by atoms with Gasteiger partial charge in [-0.1, -0.05) is 45.9 Å². The van der Waals surface area contributed by atoms with Crippen molar-refractivity contribution in [3.05, 3.63) is 35.9 Å². The third-order valence-electron chi connectivity index (χ3n) is 11.3. The smallest absolute Gasteiger partial charge is 0.344 e. The Morgan fingerprint density at radius 1 is 0.784 bits per heavy atom. The molecule has 4 aliphatic carbocycles. The van der Waals surface area contributed by atoms with Crippen LogP contribution < -0.4 is 0 Å². The van der Waals surface area contributed by atoms with Crippen LogP contribution in [-0.2, 0) is 57.2 Å². The number of hydrogen-bond donors (Lipinski definition) is 1. The van der Waals surface area contributed by atoms with Crippen molar-refractivity contribution in [1.29, 1.82) is 0 Å². The molecule has 0 heterocycles. The molecule has 14 heteroatoms. The van der Waals surface area contributed by atoms with Crippen LogP contribution in [0.1, 0.15) is 85.0 Å². The van der Waals surface area contributed by atoms with Crippen LogP contribution in [-0.4, -0.2) is 88.9 Å². The van der Waals surface area contributed by atoms with E-state index in [1.54, 1.807) is 45.9 Å². The van der Waals surface area contributed by atoms with Crippen LogP contribution in [0.25, 0.3) is 0 Å². The van der Waals surface area contributed by atoms with E-state index < -0.39 is 113 Å². The molecule has 1 aromatic rings. The van der Waals surface area contributed by atoms with Gasteiger partial charge in [-0.15, -0.1) is 0 Å². The van der Waals surface area contributed by atoms with E-state index in [4.69, 9.17) is 28.4 Å². The van der Waals surface area contributed by atoms with Gasteiger partial charge in [0.15, 0.2) is 24.4 Å². The highest BCUT2D eigenvalue weighted by atomic mass is 16.6. The van der Waals surface area contributed by atoms with Crippen molar-refractivity contribution in [2.45, 2.75) is 110 Å². The highest BCUT2D eigenvalue weighted by Crippen LogP contribution is 2.69. The van der Waals surface area contributed by atoms with Crippen molar-refractivity contribution in [1.82, 2.24) is 0 Å². The Labute approximate surface area is 295 Å². The Bertz CT molecular complexity index is 1620. The molecule has 4 aliphatic rings. The van der Waals surface area contributed by atoms with E-state index in [9.17, 15) is 38.7 Å². The summed E-state index contributed by atoms with van der Waals surface area (Å²) in [5.74, 6) is -9.32. The van der Waals surface area contributed by atoms with Crippen molar-refractivity contribution in [3.8, 4) is 0 Å². The second kappa shape index (κ2) is 13.3. The highest BCUT2D eigenvalue weighted by molar-refractivity contribution is 5.90. The van der Waals surface area contributed by atoms with Gasteiger partial charge in [0, 0.05) is 45.4 Å². The van der Waals surface area contributed by atoms with E-state index in [1.807, 2.05) is 0 Å². The molecule has 1 N–H and O–H groups in total. The minimum absolute atomic E-state index is 0.175. The van der Waals surface area contributed by atoms with Crippen molar-refractivity contribution < 1.29 is 67.1 Å². The molecular formula is C37H46O14. The summed E-state index contributed by atoms with van der Waals surface area (Å²) in [6.07, 6.45) is -6.55. The van der Waals surface area contributed by atoms with Crippen LogP contribution in [0.3, 0.4) is 0 Å². The third-order valence-corrected chi connectivity index (χ3v) is 11.3. The quantitative estimate of drug-likeness (QED) is 0.305. The first-order valence-corrected chi connectivity index (χ1v) is 17.1. The second-order valence-corrected chi connectivity index (χ2v) is 15.4. The van der Waals surface area contributed by atoms with Gasteiger partial charge in [-0.2, -0.15) is 0 Å². The van der Waals surface area contributed by atoms with Gasteiger partial charge in [-0.05, 0) is 36.8 Å².